The molecule has 2 aromatic rings. The molecule has 0 N–H and O–H groups in total. The van der Waals surface area contributed by atoms with Gasteiger partial charge in [0.2, 0.25) is 0 Å². The fourth-order valence-electron chi connectivity index (χ4n) is 2.97. The van der Waals surface area contributed by atoms with Gasteiger partial charge in [-0.1, -0.05) is 37.3 Å². The molecule has 1 heterocycles. The van der Waals surface area contributed by atoms with Crippen molar-refractivity contribution in [3.63, 3.8) is 0 Å². The van der Waals surface area contributed by atoms with Crippen molar-refractivity contribution in [2.75, 3.05) is 0 Å². The lowest BCUT2D eigenvalue weighted by molar-refractivity contribution is 0.0970. The van der Waals surface area contributed by atoms with E-state index < -0.39 is 0 Å². The van der Waals surface area contributed by atoms with E-state index in [0.717, 1.165) is 31.4 Å². The van der Waals surface area contributed by atoms with E-state index in [1.165, 1.54) is 11.1 Å². The molecule has 0 aliphatic heterocycles. The third-order valence-electron chi connectivity index (χ3n) is 4.24. The molecule has 3 heteroatoms. The largest absolute Gasteiger partial charge is 0.305 e. The van der Waals surface area contributed by atoms with Crippen LogP contribution in [-0.2, 0) is 25.8 Å². The molecule has 0 saturated carbocycles. The van der Waals surface area contributed by atoms with Gasteiger partial charge in [-0.3, -0.25) is 9.59 Å². The van der Waals surface area contributed by atoms with E-state index in [9.17, 15) is 9.59 Å². The molecule has 21 heavy (non-hydrogen) atoms. The number of nitrogens with zero attached hydrogens (tertiary/aromatic N) is 1. The van der Waals surface area contributed by atoms with Crippen molar-refractivity contribution >= 4 is 5.78 Å². The van der Waals surface area contributed by atoms with E-state index in [4.69, 9.17) is 0 Å². The van der Waals surface area contributed by atoms with E-state index >= 15 is 0 Å². The maximum absolute atomic E-state index is 12.4. The van der Waals surface area contributed by atoms with E-state index in [1.54, 1.807) is 10.6 Å². The minimum absolute atomic E-state index is 0.0000491. The van der Waals surface area contributed by atoms with Crippen LogP contribution in [-0.4, -0.2) is 10.4 Å². The average Bonchev–Trinajstić information content (AvgIpc) is 2.99. The molecule has 0 radical (unpaired) electrons. The van der Waals surface area contributed by atoms with Gasteiger partial charge in [0, 0.05) is 17.3 Å². The number of carbonyl (C=O) groups is 1. The van der Waals surface area contributed by atoms with Crippen LogP contribution in [0.4, 0.5) is 0 Å². The standard InChI is InChI=1S/C18H19NO2/c1-2-13-6-8-15(9-7-13)17(20)12-19-16-5-3-4-14(16)10-11-18(19)21/h6-11H,2-5,12H2,1H3. The third kappa shape index (κ3) is 2.68. The van der Waals surface area contributed by atoms with Crippen LogP contribution in [0.2, 0.25) is 0 Å². The van der Waals surface area contributed by atoms with Gasteiger partial charge < -0.3 is 4.57 Å². The molecule has 108 valence electrons. The van der Waals surface area contributed by atoms with Crippen LogP contribution >= 0.6 is 0 Å². The molecule has 1 aliphatic rings. The Hall–Kier alpha value is -2.16. The van der Waals surface area contributed by atoms with Crippen molar-refractivity contribution in [1.82, 2.24) is 4.57 Å². The smallest absolute Gasteiger partial charge is 0.251 e. The average molecular weight is 281 g/mol. The first kappa shape index (κ1) is 13.8. The predicted octanol–water partition coefficient (Wildman–Crippen LogP) is 2.78. The van der Waals surface area contributed by atoms with Crippen LogP contribution in [0.3, 0.4) is 0 Å². The first-order valence-corrected chi connectivity index (χ1v) is 7.53. The van der Waals surface area contributed by atoms with Crippen molar-refractivity contribution in [3.8, 4) is 0 Å². The molecule has 0 unspecified atom stereocenters. The lowest BCUT2D eigenvalue weighted by Gasteiger charge is -2.11. The summed E-state index contributed by atoms with van der Waals surface area (Å²) in [6.07, 6.45) is 3.93. The zero-order valence-electron chi connectivity index (χ0n) is 12.3. The molecule has 0 fully saturated rings. The monoisotopic (exact) mass is 281 g/mol. The molecule has 0 bridgehead atoms. The van der Waals surface area contributed by atoms with Gasteiger partial charge in [-0.05, 0) is 36.8 Å². The van der Waals surface area contributed by atoms with E-state index in [0.29, 0.717) is 5.56 Å². The second-order valence-corrected chi connectivity index (χ2v) is 5.56. The number of ketones is 1. The first-order chi connectivity index (χ1) is 10.2. The number of hydrogen-bond acceptors (Lipinski definition) is 2. The molecule has 0 spiro atoms. The molecule has 0 amide bonds. The highest BCUT2D eigenvalue weighted by molar-refractivity contribution is 5.96. The number of fused-ring (bicyclic) bond motifs is 1. The Morgan fingerprint density at radius 2 is 1.86 bits per heavy atom. The summed E-state index contributed by atoms with van der Waals surface area (Å²) in [5.74, 6) is 0.0000491. The summed E-state index contributed by atoms with van der Waals surface area (Å²) < 4.78 is 1.65. The number of hydrogen-bond donors (Lipinski definition) is 0. The van der Waals surface area contributed by atoms with Gasteiger partial charge in [0.15, 0.2) is 5.78 Å². The van der Waals surface area contributed by atoms with Crippen molar-refractivity contribution < 1.29 is 4.79 Å². The minimum atomic E-state index is -0.0748. The molecule has 0 atom stereocenters. The summed E-state index contributed by atoms with van der Waals surface area (Å²) in [4.78, 5) is 24.5. The van der Waals surface area contributed by atoms with Crippen molar-refractivity contribution in [2.24, 2.45) is 0 Å². The summed E-state index contributed by atoms with van der Waals surface area (Å²) in [5.41, 5.74) is 4.07. The summed E-state index contributed by atoms with van der Waals surface area (Å²) in [6.45, 7) is 2.23. The summed E-state index contributed by atoms with van der Waals surface area (Å²) in [5, 5.41) is 0. The van der Waals surface area contributed by atoms with Gasteiger partial charge in [-0.25, -0.2) is 0 Å². The highest BCUT2D eigenvalue weighted by Gasteiger charge is 2.17. The zero-order chi connectivity index (χ0) is 14.8. The number of Topliss-reactive ketones (excluding diaryl/α,β-unsaturated/α-hetero) is 1. The summed E-state index contributed by atoms with van der Waals surface area (Å²) in [7, 11) is 0. The van der Waals surface area contributed by atoms with Crippen molar-refractivity contribution in [1.29, 1.82) is 0 Å². The Morgan fingerprint density at radius 3 is 2.57 bits per heavy atom. The fourth-order valence-corrected chi connectivity index (χ4v) is 2.97. The van der Waals surface area contributed by atoms with Crippen molar-refractivity contribution in [2.45, 2.75) is 39.2 Å². The van der Waals surface area contributed by atoms with Gasteiger partial charge in [0.25, 0.3) is 5.56 Å². The van der Waals surface area contributed by atoms with Crippen LogP contribution < -0.4 is 5.56 Å². The normalized spacial score (nSPS) is 13.2. The molecular weight excluding hydrogens is 262 g/mol. The number of rotatable bonds is 4. The lowest BCUT2D eigenvalue weighted by atomic mass is 10.1. The first-order valence-electron chi connectivity index (χ1n) is 7.53. The zero-order valence-corrected chi connectivity index (χ0v) is 12.3. The van der Waals surface area contributed by atoms with Crippen LogP contribution in [0.15, 0.2) is 41.2 Å². The second-order valence-electron chi connectivity index (χ2n) is 5.56. The predicted molar refractivity (Wildman–Crippen MR) is 82.9 cm³/mol. The quantitative estimate of drug-likeness (QED) is 0.808. The van der Waals surface area contributed by atoms with Gasteiger partial charge >= 0.3 is 0 Å². The highest BCUT2D eigenvalue weighted by Crippen LogP contribution is 2.20. The van der Waals surface area contributed by atoms with Crippen LogP contribution in [0.25, 0.3) is 0 Å². The summed E-state index contributed by atoms with van der Waals surface area (Å²) >= 11 is 0. The molecular formula is C18H19NO2. The van der Waals surface area contributed by atoms with E-state index in [-0.39, 0.29) is 17.9 Å². The Labute approximate surface area is 124 Å². The third-order valence-corrected chi connectivity index (χ3v) is 4.24. The topological polar surface area (TPSA) is 39.1 Å². The molecule has 1 aromatic heterocycles. The van der Waals surface area contributed by atoms with E-state index in [1.807, 2.05) is 30.3 Å². The maximum Gasteiger partial charge on any atom is 0.251 e. The number of benzene rings is 1. The molecule has 1 aliphatic carbocycles. The molecule has 3 nitrogen and oxygen atoms in total. The number of carbonyl (C=O) groups excluding carboxylic acids is 1. The number of aromatic nitrogens is 1. The van der Waals surface area contributed by atoms with E-state index in [2.05, 4.69) is 6.92 Å². The lowest BCUT2D eigenvalue weighted by Crippen LogP contribution is -2.26. The molecule has 1 aromatic carbocycles. The fraction of sp³-hybridized carbons (Fsp3) is 0.333. The van der Waals surface area contributed by atoms with Crippen LogP contribution in [0.1, 0.15) is 40.5 Å². The van der Waals surface area contributed by atoms with Gasteiger partial charge in [-0.15, -0.1) is 0 Å². The number of pyridine rings is 1. The minimum Gasteiger partial charge on any atom is -0.305 e. The van der Waals surface area contributed by atoms with Crippen LogP contribution in [0, 0.1) is 0 Å². The van der Waals surface area contributed by atoms with Gasteiger partial charge in [0.05, 0.1) is 6.54 Å². The highest BCUT2D eigenvalue weighted by atomic mass is 16.1. The Kier molecular flexibility index (Phi) is 3.74. The number of aryl methyl sites for hydroxylation is 2. The maximum atomic E-state index is 12.4. The molecule has 0 saturated heterocycles. The Balaban J connectivity index is 1.88. The summed E-state index contributed by atoms with van der Waals surface area (Å²) in [6, 6.07) is 11.2. The molecule has 3 rings (SSSR count). The SMILES string of the molecule is CCc1ccc(C(=O)Cn2c3c(ccc2=O)CCC3)cc1. The van der Waals surface area contributed by atoms with Gasteiger partial charge in [-0.2, -0.15) is 0 Å². The Bertz CT molecular complexity index is 726. The van der Waals surface area contributed by atoms with Gasteiger partial charge in [0.1, 0.15) is 0 Å². The Morgan fingerprint density at radius 1 is 1.10 bits per heavy atom. The van der Waals surface area contributed by atoms with Crippen LogP contribution in [0.5, 0.6) is 0 Å². The van der Waals surface area contributed by atoms with Crippen molar-refractivity contribution in [3.05, 3.63) is 69.1 Å². The second kappa shape index (κ2) is 5.68.